The minimum absolute atomic E-state index is 0.0151. The molecule has 1 heterocycles. The van der Waals surface area contributed by atoms with E-state index in [0.717, 1.165) is 11.6 Å². The number of pyridine rings is 1. The number of aromatic nitrogens is 1. The lowest BCUT2D eigenvalue weighted by Gasteiger charge is -2.10. The molecule has 0 aliphatic rings. The Morgan fingerprint density at radius 2 is 1.79 bits per heavy atom. The zero-order chi connectivity index (χ0) is 20.9. The van der Waals surface area contributed by atoms with Gasteiger partial charge in [0.05, 0.1) is 9.79 Å². The minimum Gasteiger partial charge on any atom is -0.334 e. The highest BCUT2D eigenvalue weighted by molar-refractivity contribution is 7.91. The molecule has 0 fully saturated rings. The molecule has 9 heteroatoms. The van der Waals surface area contributed by atoms with E-state index in [-0.39, 0.29) is 21.9 Å². The second-order valence-corrected chi connectivity index (χ2v) is 8.10. The van der Waals surface area contributed by atoms with Crippen LogP contribution in [0.4, 0.5) is 14.9 Å². The number of benzene rings is 2. The number of rotatable bonds is 6. The molecule has 29 heavy (non-hydrogen) atoms. The van der Waals surface area contributed by atoms with Gasteiger partial charge in [-0.25, -0.2) is 17.6 Å². The summed E-state index contributed by atoms with van der Waals surface area (Å²) in [4.78, 5) is 15.8. The number of hydrogen-bond acceptors (Lipinski definition) is 5. The van der Waals surface area contributed by atoms with Crippen LogP contribution in [0.3, 0.4) is 0 Å². The van der Waals surface area contributed by atoms with Gasteiger partial charge in [-0.15, -0.1) is 0 Å². The minimum atomic E-state index is -3.89. The lowest BCUT2D eigenvalue weighted by Crippen LogP contribution is -2.28. The summed E-state index contributed by atoms with van der Waals surface area (Å²) >= 11 is 0. The van der Waals surface area contributed by atoms with E-state index in [1.165, 1.54) is 36.4 Å². The maximum Gasteiger partial charge on any atom is 0.319 e. The van der Waals surface area contributed by atoms with Gasteiger partial charge >= 0.3 is 6.03 Å². The van der Waals surface area contributed by atoms with E-state index < -0.39 is 21.7 Å². The Labute approximate surface area is 167 Å². The molecule has 0 bridgehead atoms. The Hall–Kier alpha value is -3.30. The summed E-state index contributed by atoms with van der Waals surface area (Å²) in [5.74, 6) is -0.669. The monoisotopic (exact) mass is 414 g/mol. The Balaban J connectivity index is 1.67. The van der Waals surface area contributed by atoms with E-state index in [1.54, 1.807) is 18.5 Å². The van der Waals surface area contributed by atoms with Crippen molar-refractivity contribution in [3.05, 3.63) is 83.9 Å². The van der Waals surface area contributed by atoms with E-state index in [4.69, 9.17) is 5.73 Å². The standard InChI is InChI=1S/C20H19FN4O3S/c21-19-10-18(6-3-15(19)11-22)29(27,28)17-7-4-16(5-8-17)25-20(26)24-13-14-2-1-9-23-12-14/h1-10,12H,11,13,22H2,(H2,24,25,26). The number of amides is 2. The number of urea groups is 1. The van der Waals surface area contributed by atoms with Crippen LogP contribution in [0.25, 0.3) is 0 Å². The Bertz CT molecular complexity index is 1100. The van der Waals surface area contributed by atoms with Crippen LogP contribution in [0.2, 0.25) is 0 Å². The van der Waals surface area contributed by atoms with E-state index in [1.807, 2.05) is 6.07 Å². The maximum atomic E-state index is 13.9. The molecule has 0 radical (unpaired) electrons. The zero-order valence-corrected chi connectivity index (χ0v) is 16.1. The first-order valence-corrected chi connectivity index (χ1v) is 10.2. The predicted molar refractivity (Wildman–Crippen MR) is 106 cm³/mol. The topological polar surface area (TPSA) is 114 Å². The summed E-state index contributed by atoms with van der Waals surface area (Å²) in [5.41, 5.74) is 6.90. The summed E-state index contributed by atoms with van der Waals surface area (Å²) in [6.45, 7) is 0.284. The maximum absolute atomic E-state index is 13.9. The molecule has 0 spiro atoms. The van der Waals surface area contributed by atoms with E-state index in [0.29, 0.717) is 12.2 Å². The lowest BCUT2D eigenvalue weighted by molar-refractivity contribution is 0.251. The Morgan fingerprint density at radius 3 is 2.41 bits per heavy atom. The fraction of sp³-hybridized carbons (Fsp3) is 0.100. The average molecular weight is 414 g/mol. The van der Waals surface area contributed by atoms with Gasteiger partial charge in [0, 0.05) is 36.7 Å². The third-order valence-corrected chi connectivity index (χ3v) is 5.92. The van der Waals surface area contributed by atoms with Crippen molar-refractivity contribution in [2.75, 3.05) is 5.32 Å². The quantitative estimate of drug-likeness (QED) is 0.574. The molecule has 2 aromatic carbocycles. The molecule has 4 N–H and O–H groups in total. The summed E-state index contributed by atoms with van der Waals surface area (Å²) in [6, 6.07) is 12.4. The zero-order valence-electron chi connectivity index (χ0n) is 15.3. The summed E-state index contributed by atoms with van der Waals surface area (Å²) in [6.07, 6.45) is 3.28. The number of halogens is 1. The van der Waals surface area contributed by atoms with Crippen LogP contribution in [0.1, 0.15) is 11.1 Å². The molecule has 1 aromatic heterocycles. The van der Waals surface area contributed by atoms with E-state index in [9.17, 15) is 17.6 Å². The fourth-order valence-electron chi connectivity index (χ4n) is 2.57. The number of nitrogens with zero attached hydrogens (tertiary/aromatic N) is 1. The smallest absolute Gasteiger partial charge is 0.319 e. The number of hydrogen-bond donors (Lipinski definition) is 3. The van der Waals surface area contributed by atoms with Gasteiger partial charge < -0.3 is 16.4 Å². The normalized spacial score (nSPS) is 11.1. The van der Waals surface area contributed by atoms with Gasteiger partial charge in [-0.2, -0.15) is 0 Å². The average Bonchev–Trinajstić information content (AvgIpc) is 2.73. The summed E-state index contributed by atoms with van der Waals surface area (Å²) in [7, 11) is -3.89. The molecule has 150 valence electrons. The van der Waals surface area contributed by atoms with Crippen molar-refractivity contribution in [2.24, 2.45) is 5.73 Å². The van der Waals surface area contributed by atoms with Crippen LogP contribution in [0.15, 0.2) is 76.8 Å². The molecule has 0 saturated carbocycles. The molecule has 0 aliphatic carbocycles. The largest absolute Gasteiger partial charge is 0.334 e. The van der Waals surface area contributed by atoms with Gasteiger partial charge in [0.25, 0.3) is 0 Å². The molecule has 3 aromatic rings. The third-order valence-electron chi connectivity index (χ3n) is 4.15. The first-order chi connectivity index (χ1) is 13.9. The SMILES string of the molecule is NCc1ccc(S(=O)(=O)c2ccc(NC(=O)NCc3cccnc3)cc2)cc1F. The van der Waals surface area contributed by atoms with Crippen LogP contribution >= 0.6 is 0 Å². The number of sulfone groups is 1. The number of nitrogens with two attached hydrogens (primary N) is 1. The van der Waals surface area contributed by atoms with Crippen molar-refractivity contribution in [2.45, 2.75) is 22.9 Å². The van der Waals surface area contributed by atoms with Gasteiger partial charge in [-0.05, 0) is 48.0 Å². The Morgan fingerprint density at radius 1 is 1.07 bits per heavy atom. The highest BCUT2D eigenvalue weighted by Crippen LogP contribution is 2.24. The summed E-state index contributed by atoms with van der Waals surface area (Å²) in [5, 5.41) is 5.29. The van der Waals surface area contributed by atoms with Gasteiger partial charge in [0.2, 0.25) is 9.84 Å². The first kappa shape index (κ1) is 20.4. The number of nitrogens with one attached hydrogen (secondary N) is 2. The van der Waals surface area contributed by atoms with Gasteiger partial charge in [0.1, 0.15) is 5.82 Å². The molecule has 0 aliphatic heterocycles. The van der Waals surface area contributed by atoms with Crippen LogP contribution in [-0.2, 0) is 22.9 Å². The number of carbonyl (C=O) groups is 1. The van der Waals surface area contributed by atoms with Crippen LogP contribution in [-0.4, -0.2) is 19.4 Å². The van der Waals surface area contributed by atoms with E-state index in [2.05, 4.69) is 15.6 Å². The summed E-state index contributed by atoms with van der Waals surface area (Å²) < 4.78 is 39.2. The van der Waals surface area contributed by atoms with Crippen molar-refractivity contribution in [1.82, 2.24) is 10.3 Å². The van der Waals surface area contributed by atoms with Crippen molar-refractivity contribution in [3.63, 3.8) is 0 Å². The van der Waals surface area contributed by atoms with Gasteiger partial charge in [0.15, 0.2) is 0 Å². The second-order valence-electron chi connectivity index (χ2n) is 6.15. The van der Waals surface area contributed by atoms with Crippen molar-refractivity contribution >= 4 is 21.6 Å². The van der Waals surface area contributed by atoms with Crippen LogP contribution in [0.5, 0.6) is 0 Å². The molecule has 0 unspecified atom stereocenters. The van der Waals surface area contributed by atoms with Crippen molar-refractivity contribution in [3.8, 4) is 0 Å². The predicted octanol–water partition coefficient (Wildman–Crippen LogP) is 2.83. The number of anilines is 1. The highest BCUT2D eigenvalue weighted by atomic mass is 32.2. The second kappa shape index (κ2) is 8.80. The molecule has 0 atom stereocenters. The van der Waals surface area contributed by atoms with Crippen molar-refractivity contribution in [1.29, 1.82) is 0 Å². The molecular weight excluding hydrogens is 395 g/mol. The van der Waals surface area contributed by atoms with Crippen LogP contribution in [0, 0.1) is 5.82 Å². The molecule has 3 rings (SSSR count). The number of carbonyl (C=O) groups excluding carboxylic acids is 1. The van der Waals surface area contributed by atoms with E-state index >= 15 is 0 Å². The van der Waals surface area contributed by atoms with Crippen molar-refractivity contribution < 1.29 is 17.6 Å². The van der Waals surface area contributed by atoms with Gasteiger partial charge in [-0.1, -0.05) is 12.1 Å². The lowest BCUT2D eigenvalue weighted by atomic mass is 10.2. The molecule has 2 amide bonds. The molecular formula is C20H19FN4O3S. The molecule has 0 saturated heterocycles. The Kier molecular flexibility index (Phi) is 6.20. The molecule has 7 nitrogen and oxygen atoms in total. The first-order valence-electron chi connectivity index (χ1n) is 8.67. The third kappa shape index (κ3) is 4.95. The van der Waals surface area contributed by atoms with Crippen LogP contribution < -0.4 is 16.4 Å². The highest BCUT2D eigenvalue weighted by Gasteiger charge is 2.19. The van der Waals surface area contributed by atoms with Gasteiger partial charge in [-0.3, -0.25) is 4.98 Å². The fourth-order valence-corrected chi connectivity index (χ4v) is 3.85.